The van der Waals surface area contributed by atoms with Crippen molar-refractivity contribution in [2.75, 3.05) is 12.4 Å². The predicted molar refractivity (Wildman–Crippen MR) is 112 cm³/mol. The number of hydrogen-bond acceptors (Lipinski definition) is 3. The Morgan fingerprint density at radius 2 is 1.89 bits per heavy atom. The lowest BCUT2D eigenvalue weighted by molar-refractivity contribution is 0.415. The van der Waals surface area contributed by atoms with Crippen LogP contribution in [0, 0.1) is 0 Å². The third kappa shape index (κ3) is 2.79. The third-order valence-electron chi connectivity index (χ3n) is 5.40. The molecule has 1 heterocycles. The molecule has 134 valence electrons. The number of rotatable bonds is 4. The fourth-order valence-electron chi connectivity index (χ4n) is 4.01. The standard InChI is InChI=1S/C23H19ClN2O/c1-27-18-9-7-16-11-17(23(24)26-21(16)12-18)13-25-20-10-8-15-6-5-14-3-2-4-19(20)22(14)15/h2-4,7-12,25H,5-6,13H2,1H3. The Bertz CT molecular complexity index is 1180. The van der Waals surface area contributed by atoms with Crippen LogP contribution in [0.5, 0.6) is 5.75 Å². The van der Waals surface area contributed by atoms with Gasteiger partial charge in [-0.05, 0) is 53.6 Å². The van der Waals surface area contributed by atoms with Gasteiger partial charge in [-0.3, -0.25) is 0 Å². The summed E-state index contributed by atoms with van der Waals surface area (Å²) in [7, 11) is 1.65. The summed E-state index contributed by atoms with van der Waals surface area (Å²) in [6.07, 6.45) is 2.28. The summed E-state index contributed by atoms with van der Waals surface area (Å²) < 4.78 is 5.27. The maximum absolute atomic E-state index is 6.45. The topological polar surface area (TPSA) is 34.1 Å². The SMILES string of the molecule is COc1ccc2cc(CNc3ccc4c5c(cccc35)CC4)c(Cl)nc2c1. The average molecular weight is 375 g/mol. The van der Waals surface area contributed by atoms with Crippen LogP contribution in [0.15, 0.2) is 54.6 Å². The van der Waals surface area contributed by atoms with Crippen LogP contribution in [-0.4, -0.2) is 12.1 Å². The molecule has 4 heteroatoms. The van der Waals surface area contributed by atoms with Crippen molar-refractivity contribution in [3.8, 4) is 5.75 Å². The highest BCUT2D eigenvalue weighted by molar-refractivity contribution is 6.30. The Balaban J connectivity index is 1.48. The van der Waals surface area contributed by atoms with Gasteiger partial charge in [0, 0.05) is 34.6 Å². The van der Waals surface area contributed by atoms with E-state index in [0.717, 1.165) is 40.7 Å². The maximum atomic E-state index is 6.45. The number of nitrogens with zero attached hydrogens (tertiary/aromatic N) is 1. The highest BCUT2D eigenvalue weighted by Gasteiger charge is 2.16. The Labute approximate surface area is 162 Å². The van der Waals surface area contributed by atoms with Crippen molar-refractivity contribution in [2.24, 2.45) is 0 Å². The normalized spacial score (nSPS) is 12.7. The summed E-state index contributed by atoms with van der Waals surface area (Å²) >= 11 is 6.45. The van der Waals surface area contributed by atoms with Crippen LogP contribution < -0.4 is 10.1 Å². The summed E-state index contributed by atoms with van der Waals surface area (Å²) in [5.74, 6) is 0.782. The van der Waals surface area contributed by atoms with Crippen LogP contribution >= 0.6 is 11.6 Å². The van der Waals surface area contributed by atoms with Crippen molar-refractivity contribution in [2.45, 2.75) is 19.4 Å². The van der Waals surface area contributed by atoms with Crippen LogP contribution in [0.2, 0.25) is 5.15 Å². The third-order valence-corrected chi connectivity index (χ3v) is 5.72. The number of aromatic nitrogens is 1. The predicted octanol–water partition coefficient (Wildman–Crippen LogP) is 5.76. The minimum atomic E-state index is 0.522. The van der Waals surface area contributed by atoms with E-state index in [-0.39, 0.29) is 0 Å². The lowest BCUT2D eigenvalue weighted by Gasteiger charge is -2.13. The van der Waals surface area contributed by atoms with Gasteiger partial charge in [-0.25, -0.2) is 4.98 Å². The summed E-state index contributed by atoms with van der Waals surface area (Å²) in [4.78, 5) is 4.54. The maximum Gasteiger partial charge on any atom is 0.134 e. The molecule has 0 atom stereocenters. The smallest absolute Gasteiger partial charge is 0.134 e. The fourth-order valence-corrected chi connectivity index (χ4v) is 4.22. The van der Waals surface area contributed by atoms with Gasteiger partial charge in [0.2, 0.25) is 0 Å². The Kier molecular flexibility index (Phi) is 3.91. The van der Waals surface area contributed by atoms with E-state index in [1.807, 2.05) is 18.2 Å². The van der Waals surface area contributed by atoms with Crippen LogP contribution in [-0.2, 0) is 19.4 Å². The number of pyridine rings is 1. The average Bonchev–Trinajstić information content (AvgIpc) is 3.12. The van der Waals surface area contributed by atoms with Gasteiger partial charge in [-0.2, -0.15) is 0 Å². The highest BCUT2D eigenvalue weighted by atomic mass is 35.5. The molecular formula is C23H19ClN2O. The largest absolute Gasteiger partial charge is 0.497 e. The number of ether oxygens (including phenoxy) is 1. The monoisotopic (exact) mass is 374 g/mol. The van der Waals surface area contributed by atoms with E-state index in [4.69, 9.17) is 16.3 Å². The number of hydrogen-bond donors (Lipinski definition) is 1. The molecule has 3 aromatic carbocycles. The van der Waals surface area contributed by atoms with Crippen LogP contribution in [0.1, 0.15) is 16.7 Å². The molecule has 0 aliphatic heterocycles. The summed E-state index contributed by atoms with van der Waals surface area (Å²) in [6, 6.07) is 19.0. The minimum Gasteiger partial charge on any atom is -0.497 e. The molecule has 5 rings (SSSR count). The lowest BCUT2D eigenvalue weighted by Crippen LogP contribution is -2.02. The van der Waals surface area contributed by atoms with Crippen LogP contribution in [0.3, 0.4) is 0 Å². The van der Waals surface area contributed by atoms with E-state index in [2.05, 4.69) is 46.7 Å². The molecule has 0 saturated carbocycles. The first-order valence-corrected chi connectivity index (χ1v) is 9.51. The number of methoxy groups -OCH3 is 1. The van der Waals surface area contributed by atoms with Gasteiger partial charge in [0.15, 0.2) is 0 Å². The van der Waals surface area contributed by atoms with Gasteiger partial charge in [0.25, 0.3) is 0 Å². The molecule has 4 aromatic rings. The van der Waals surface area contributed by atoms with Gasteiger partial charge in [-0.15, -0.1) is 0 Å². The summed E-state index contributed by atoms with van der Waals surface area (Å²) in [5, 5.41) is 7.84. The van der Waals surface area contributed by atoms with Crippen molar-refractivity contribution in [1.82, 2.24) is 4.98 Å². The summed E-state index contributed by atoms with van der Waals surface area (Å²) in [6.45, 7) is 0.631. The second-order valence-corrected chi connectivity index (χ2v) is 7.32. The zero-order valence-corrected chi connectivity index (χ0v) is 15.8. The number of halogens is 1. The number of fused-ring (bicyclic) bond motifs is 1. The molecule has 3 nitrogen and oxygen atoms in total. The van der Waals surface area contributed by atoms with Gasteiger partial charge in [0.1, 0.15) is 10.9 Å². The molecule has 1 N–H and O–H groups in total. The number of benzene rings is 3. The van der Waals surface area contributed by atoms with Gasteiger partial charge < -0.3 is 10.1 Å². The van der Waals surface area contributed by atoms with Crippen LogP contribution in [0.4, 0.5) is 5.69 Å². The number of anilines is 1. The van der Waals surface area contributed by atoms with E-state index in [1.54, 1.807) is 7.11 Å². The Morgan fingerprint density at radius 1 is 1.04 bits per heavy atom. The van der Waals surface area contributed by atoms with E-state index in [1.165, 1.54) is 21.9 Å². The molecule has 1 aliphatic rings. The molecule has 0 fully saturated rings. The van der Waals surface area contributed by atoms with Crippen molar-refractivity contribution >= 4 is 39.0 Å². The van der Waals surface area contributed by atoms with Crippen molar-refractivity contribution in [1.29, 1.82) is 0 Å². The fraction of sp³-hybridized carbons (Fsp3) is 0.174. The quantitative estimate of drug-likeness (QED) is 0.461. The Hall–Kier alpha value is -2.78. The van der Waals surface area contributed by atoms with Crippen molar-refractivity contribution in [3.05, 3.63) is 76.4 Å². The molecule has 0 unspecified atom stereocenters. The number of aryl methyl sites for hydroxylation is 2. The summed E-state index contributed by atoms with van der Waals surface area (Å²) in [5.41, 5.74) is 5.87. The first-order chi connectivity index (χ1) is 13.2. The lowest BCUT2D eigenvalue weighted by atomic mass is 10.0. The van der Waals surface area contributed by atoms with Crippen molar-refractivity contribution in [3.63, 3.8) is 0 Å². The minimum absolute atomic E-state index is 0.522. The van der Waals surface area contributed by atoms with E-state index in [0.29, 0.717) is 11.7 Å². The second-order valence-electron chi connectivity index (χ2n) is 6.96. The molecule has 27 heavy (non-hydrogen) atoms. The highest BCUT2D eigenvalue weighted by Crippen LogP contribution is 2.35. The number of nitrogens with one attached hydrogen (secondary N) is 1. The van der Waals surface area contributed by atoms with E-state index < -0.39 is 0 Å². The molecule has 0 bridgehead atoms. The van der Waals surface area contributed by atoms with Crippen LogP contribution in [0.25, 0.3) is 21.7 Å². The van der Waals surface area contributed by atoms with E-state index in [9.17, 15) is 0 Å². The first kappa shape index (κ1) is 16.4. The molecule has 1 aromatic heterocycles. The van der Waals surface area contributed by atoms with E-state index >= 15 is 0 Å². The molecule has 0 saturated heterocycles. The van der Waals surface area contributed by atoms with Gasteiger partial charge in [-0.1, -0.05) is 35.9 Å². The Morgan fingerprint density at radius 3 is 2.74 bits per heavy atom. The molecule has 0 spiro atoms. The zero-order chi connectivity index (χ0) is 18.4. The van der Waals surface area contributed by atoms with Gasteiger partial charge >= 0.3 is 0 Å². The second kappa shape index (κ2) is 6.43. The zero-order valence-electron chi connectivity index (χ0n) is 15.1. The van der Waals surface area contributed by atoms with Crippen molar-refractivity contribution < 1.29 is 4.74 Å². The molecule has 1 aliphatic carbocycles. The molecule has 0 amide bonds. The van der Waals surface area contributed by atoms with Gasteiger partial charge in [0.05, 0.1) is 12.6 Å². The molecular weight excluding hydrogens is 356 g/mol. The first-order valence-electron chi connectivity index (χ1n) is 9.13. The molecule has 0 radical (unpaired) electrons.